The molecule has 0 saturated heterocycles. The average Bonchev–Trinajstić information content (AvgIpc) is 2.26. The van der Waals surface area contributed by atoms with Crippen LogP contribution in [0, 0.1) is 17.8 Å². The zero-order chi connectivity index (χ0) is 12.1. The Bertz CT molecular complexity index is 220. The van der Waals surface area contributed by atoms with Crippen molar-refractivity contribution in [3.63, 3.8) is 0 Å². The molecule has 0 bridgehead atoms. The Hall–Kier alpha value is -0.570. The molecule has 1 saturated carbocycles. The van der Waals surface area contributed by atoms with Gasteiger partial charge in [0.2, 0.25) is 5.91 Å². The quantitative estimate of drug-likeness (QED) is 0.771. The smallest absolute Gasteiger partial charge is 0.223 e. The summed E-state index contributed by atoms with van der Waals surface area (Å²) in [6.45, 7) is 6.32. The van der Waals surface area contributed by atoms with Crippen molar-refractivity contribution in [1.29, 1.82) is 0 Å². The summed E-state index contributed by atoms with van der Waals surface area (Å²) < 4.78 is 0. The predicted molar refractivity (Wildman–Crippen MR) is 65.0 cm³/mol. The highest BCUT2D eigenvalue weighted by Crippen LogP contribution is 2.28. The number of hydrogen-bond acceptors (Lipinski definition) is 2. The summed E-state index contributed by atoms with van der Waals surface area (Å²) in [6.07, 6.45) is 4.32. The molecular weight excluding hydrogens is 202 g/mol. The third kappa shape index (κ3) is 3.78. The van der Waals surface area contributed by atoms with Crippen molar-refractivity contribution in [2.75, 3.05) is 6.61 Å². The molecule has 1 atom stereocenters. The van der Waals surface area contributed by atoms with Crippen LogP contribution >= 0.6 is 0 Å². The minimum Gasteiger partial charge on any atom is -0.394 e. The standard InChI is InChI=1S/C13H25NO2/c1-9(2)12(8-15)14-13(16)11-6-4-10(3)5-7-11/h9-12,15H,4-8H2,1-3H3,(H,14,16). The Balaban J connectivity index is 2.39. The monoisotopic (exact) mass is 227 g/mol. The van der Waals surface area contributed by atoms with Crippen molar-refractivity contribution < 1.29 is 9.90 Å². The molecule has 0 aromatic rings. The molecule has 0 spiro atoms. The Morgan fingerprint density at radius 3 is 2.31 bits per heavy atom. The maximum absolute atomic E-state index is 12.0. The van der Waals surface area contributed by atoms with Gasteiger partial charge >= 0.3 is 0 Å². The molecule has 1 unspecified atom stereocenters. The number of amides is 1. The molecule has 1 fully saturated rings. The van der Waals surface area contributed by atoms with Crippen LogP contribution < -0.4 is 5.32 Å². The number of aliphatic hydroxyl groups is 1. The second-order valence-electron chi connectivity index (χ2n) is 5.50. The number of hydrogen-bond donors (Lipinski definition) is 2. The molecule has 3 nitrogen and oxygen atoms in total. The number of rotatable bonds is 4. The van der Waals surface area contributed by atoms with Crippen molar-refractivity contribution in [3.8, 4) is 0 Å². The van der Waals surface area contributed by atoms with Crippen LogP contribution in [0.15, 0.2) is 0 Å². The molecule has 0 aromatic heterocycles. The van der Waals surface area contributed by atoms with Gasteiger partial charge in [-0.05, 0) is 37.5 Å². The molecule has 2 N–H and O–H groups in total. The maximum atomic E-state index is 12.0. The van der Waals surface area contributed by atoms with Gasteiger partial charge in [-0.3, -0.25) is 4.79 Å². The first-order valence-corrected chi connectivity index (χ1v) is 6.45. The van der Waals surface area contributed by atoms with Crippen molar-refractivity contribution >= 4 is 5.91 Å². The Labute approximate surface area is 98.6 Å². The van der Waals surface area contributed by atoms with Crippen LogP contribution in [0.2, 0.25) is 0 Å². The topological polar surface area (TPSA) is 49.3 Å². The first kappa shape index (κ1) is 13.5. The third-order valence-corrected chi connectivity index (χ3v) is 3.72. The van der Waals surface area contributed by atoms with Gasteiger partial charge in [-0.1, -0.05) is 20.8 Å². The Kier molecular flexibility index (Phi) is 5.26. The van der Waals surface area contributed by atoms with Crippen molar-refractivity contribution in [3.05, 3.63) is 0 Å². The van der Waals surface area contributed by atoms with Gasteiger partial charge < -0.3 is 10.4 Å². The molecule has 94 valence electrons. The number of nitrogens with one attached hydrogen (secondary N) is 1. The lowest BCUT2D eigenvalue weighted by Crippen LogP contribution is -2.44. The maximum Gasteiger partial charge on any atom is 0.223 e. The summed E-state index contributed by atoms with van der Waals surface area (Å²) in [6, 6.07) is -0.0909. The van der Waals surface area contributed by atoms with Gasteiger partial charge in [0, 0.05) is 5.92 Å². The lowest BCUT2D eigenvalue weighted by atomic mass is 9.82. The SMILES string of the molecule is CC1CCC(C(=O)NC(CO)C(C)C)CC1. The van der Waals surface area contributed by atoms with Crippen LogP contribution in [0.4, 0.5) is 0 Å². The molecule has 0 radical (unpaired) electrons. The van der Waals surface area contributed by atoms with E-state index < -0.39 is 0 Å². The highest BCUT2D eigenvalue weighted by Gasteiger charge is 2.26. The summed E-state index contributed by atoms with van der Waals surface area (Å²) in [5.74, 6) is 1.36. The third-order valence-electron chi connectivity index (χ3n) is 3.72. The number of carbonyl (C=O) groups excluding carboxylic acids is 1. The molecule has 1 rings (SSSR count). The molecule has 0 heterocycles. The lowest BCUT2D eigenvalue weighted by molar-refractivity contribution is -0.127. The molecule has 1 aliphatic rings. The number of aliphatic hydroxyl groups excluding tert-OH is 1. The summed E-state index contributed by atoms with van der Waals surface area (Å²) in [5, 5.41) is 12.1. The second kappa shape index (κ2) is 6.24. The molecule has 1 aliphatic carbocycles. The summed E-state index contributed by atoms with van der Waals surface area (Å²) in [5.41, 5.74) is 0. The Morgan fingerprint density at radius 1 is 1.31 bits per heavy atom. The first-order chi connectivity index (χ1) is 7.54. The van der Waals surface area contributed by atoms with E-state index in [4.69, 9.17) is 0 Å². The van der Waals surface area contributed by atoms with E-state index in [2.05, 4.69) is 12.2 Å². The van der Waals surface area contributed by atoms with Gasteiger partial charge in [0.25, 0.3) is 0 Å². The highest BCUT2D eigenvalue weighted by molar-refractivity contribution is 5.79. The van der Waals surface area contributed by atoms with Crippen molar-refractivity contribution in [1.82, 2.24) is 5.32 Å². The number of carbonyl (C=O) groups is 1. The molecule has 0 aliphatic heterocycles. The van der Waals surface area contributed by atoms with Crippen LogP contribution in [0.3, 0.4) is 0 Å². The van der Waals surface area contributed by atoms with E-state index in [1.807, 2.05) is 13.8 Å². The van der Waals surface area contributed by atoms with Crippen molar-refractivity contribution in [2.45, 2.75) is 52.5 Å². The largest absolute Gasteiger partial charge is 0.394 e. The minimum absolute atomic E-state index is 0.0343. The molecule has 0 aromatic carbocycles. The van der Waals surface area contributed by atoms with E-state index in [9.17, 15) is 9.90 Å². The van der Waals surface area contributed by atoms with E-state index >= 15 is 0 Å². The van der Waals surface area contributed by atoms with Gasteiger partial charge in [-0.15, -0.1) is 0 Å². The molecule has 3 heteroatoms. The van der Waals surface area contributed by atoms with Crippen molar-refractivity contribution in [2.24, 2.45) is 17.8 Å². The lowest BCUT2D eigenvalue weighted by Gasteiger charge is -2.28. The molecular formula is C13H25NO2. The summed E-state index contributed by atoms with van der Waals surface area (Å²) >= 11 is 0. The highest BCUT2D eigenvalue weighted by atomic mass is 16.3. The van der Waals surface area contributed by atoms with Gasteiger partial charge in [-0.25, -0.2) is 0 Å². The molecule has 16 heavy (non-hydrogen) atoms. The summed E-state index contributed by atoms with van der Waals surface area (Å²) in [7, 11) is 0. The van der Waals surface area contributed by atoms with Crippen LogP contribution in [0.5, 0.6) is 0 Å². The van der Waals surface area contributed by atoms with Gasteiger partial charge in [0.1, 0.15) is 0 Å². The molecule has 1 amide bonds. The first-order valence-electron chi connectivity index (χ1n) is 6.45. The predicted octanol–water partition coefficient (Wildman–Crippen LogP) is 1.95. The van der Waals surface area contributed by atoms with E-state index in [-0.39, 0.29) is 30.4 Å². The average molecular weight is 227 g/mol. The van der Waals surface area contributed by atoms with Crippen LogP contribution in [-0.2, 0) is 4.79 Å². The van der Waals surface area contributed by atoms with E-state index in [1.165, 1.54) is 0 Å². The van der Waals surface area contributed by atoms with Gasteiger partial charge in [0.05, 0.1) is 12.6 Å². The van der Waals surface area contributed by atoms with Gasteiger partial charge in [-0.2, -0.15) is 0 Å². The van der Waals surface area contributed by atoms with Crippen LogP contribution in [0.1, 0.15) is 46.5 Å². The summed E-state index contributed by atoms with van der Waals surface area (Å²) in [4.78, 5) is 12.0. The fraction of sp³-hybridized carbons (Fsp3) is 0.923. The normalized spacial score (nSPS) is 27.8. The zero-order valence-corrected chi connectivity index (χ0v) is 10.7. The van der Waals surface area contributed by atoms with Crippen LogP contribution in [-0.4, -0.2) is 23.7 Å². The van der Waals surface area contributed by atoms with E-state index in [1.54, 1.807) is 0 Å². The van der Waals surface area contributed by atoms with Gasteiger partial charge in [0.15, 0.2) is 0 Å². The van der Waals surface area contributed by atoms with E-state index in [0.29, 0.717) is 0 Å². The fourth-order valence-electron chi connectivity index (χ4n) is 2.25. The zero-order valence-electron chi connectivity index (χ0n) is 10.7. The second-order valence-corrected chi connectivity index (χ2v) is 5.50. The van der Waals surface area contributed by atoms with E-state index in [0.717, 1.165) is 31.6 Å². The Morgan fingerprint density at radius 2 is 1.88 bits per heavy atom. The fourth-order valence-corrected chi connectivity index (χ4v) is 2.25. The minimum atomic E-state index is -0.0909. The van der Waals surface area contributed by atoms with Crippen LogP contribution in [0.25, 0.3) is 0 Å².